The zero-order valence-corrected chi connectivity index (χ0v) is 16.7. The Morgan fingerprint density at radius 1 is 1.27 bits per heavy atom. The van der Waals surface area contributed by atoms with Gasteiger partial charge in [-0.05, 0) is 24.3 Å². The van der Waals surface area contributed by atoms with Crippen molar-refractivity contribution in [1.82, 2.24) is 4.90 Å². The Morgan fingerprint density at radius 3 is 2.50 bits per heavy atom. The van der Waals surface area contributed by atoms with Crippen molar-refractivity contribution in [3.63, 3.8) is 0 Å². The van der Waals surface area contributed by atoms with Crippen LogP contribution in [0.4, 0.5) is 5.69 Å². The molecular weight excluding hydrogens is 436 g/mol. The van der Waals surface area contributed by atoms with Crippen LogP contribution in [0, 0.1) is 10.1 Å². The number of rotatable bonds is 7. The van der Waals surface area contributed by atoms with Gasteiger partial charge in [0.25, 0.3) is 11.6 Å². The molecule has 0 saturated carbocycles. The summed E-state index contributed by atoms with van der Waals surface area (Å²) in [4.78, 5) is 46.3. The van der Waals surface area contributed by atoms with Crippen molar-refractivity contribution in [3.05, 3.63) is 57.2 Å². The quantitative estimate of drug-likeness (QED) is 0.250. The molecule has 0 aliphatic carbocycles. The minimum absolute atomic E-state index is 0.0603. The van der Waals surface area contributed by atoms with Crippen LogP contribution in [0.25, 0.3) is 17.4 Å². The minimum Gasteiger partial charge on any atom is -0.481 e. The number of non-ortho nitro benzene ring substituents is 1. The lowest BCUT2D eigenvalue weighted by molar-refractivity contribution is -0.384. The summed E-state index contributed by atoms with van der Waals surface area (Å²) >= 11 is 5.17. The van der Waals surface area contributed by atoms with Crippen LogP contribution in [0.5, 0.6) is 0 Å². The summed E-state index contributed by atoms with van der Waals surface area (Å²) in [5.74, 6) is -2.74. The summed E-state index contributed by atoms with van der Waals surface area (Å²) < 4.78 is 4.79. The molecule has 1 fully saturated rings. The number of hydrogen-bond donors (Lipinski definition) is 3. The van der Waals surface area contributed by atoms with E-state index in [0.29, 0.717) is 17.1 Å². The van der Waals surface area contributed by atoms with Crippen LogP contribution in [-0.4, -0.2) is 48.6 Å². The second kappa shape index (κ2) is 8.63. The van der Waals surface area contributed by atoms with Crippen molar-refractivity contribution in [2.24, 2.45) is 0 Å². The number of carbonyl (C=O) groups is 3. The third kappa shape index (κ3) is 4.49. The Hall–Kier alpha value is -3.25. The summed E-state index contributed by atoms with van der Waals surface area (Å²) in [6.45, 7) is 0. The normalized spacial score (nSPS) is 18.6. The van der Waals surface area contributed by atoms with Crippen molar-refractivity contribution in [2.45, 2.75) is 17.2 Å². The average Bonchev–Trinajstić information content (AvgIpc) is 3.25. The highest BCUT2D eigenvalue weighted by molar-refractivity contribution is 8.14. The number of thioether (sulfide) groups is 1. The van der Waals surface area contributed by atoms with Crippen molar-refractivity contribution in [3.8, 4) is 11.3 Å². The molecule has 2 aromatic rings. The molecule has 1 aromatic heterocycles. The van der Waals surface area contributed by atoms with Gasteiger partial charge in [-0.3, -0.25) is 19.7 Å². The highest BCUT2D eigenvalue weighted by atomic mass is 32.2. The first kappa shape index (κ1) is 21.5. The van der Waals surface area contributed by atoms with Gasteiger partial charge in [0.15, 0.2) is 0 Å². The number of carboxylic acids is 2. The molecular formula is C18H14N2O8S2. The van der Waals surface area contributed by atoms with Gasteiger partial charge in [-0.25, -0.2) is 4.79 Å². The number of hydrogen-bond acceptors (Lipinski definition) is 8. The highest BCUT2D eigenvalue weighted by Crippen LogP contribution is 2.40. The Bertz CT molecular complexity index is 1050. The average molecular weight is 450 g/mol. The minimum atomic E-state index is -1.55. The van der Waals surface area contributed by atoms with Gasteiger partial charge in [0, 0.05) is 23.8 Å². The van der Waals surface area contributed by atoms with Crippen LogP contribution in [0.1, 0.15) is 12.2 Å². The van der Waals surface area contributed by atoms with Crippen LogP contribution in [-0.2, 0) is 14.4 Å². The lowest BCUT2D eigenvalue weighted by atomic mass is 10.1. The maximum Gasteiger partial charge on any atom is 0.327 e. The fourth-order valence-corrected chi connectivity index (χ4v) is 4.35. The highest BCUT2D eigenvalue weighted by Gasteiger charge is 2.42. The summed E-state index contributed by atoms with van der Waals surface area (Å²) in [7, 11) is 0. The molecule has 156 valence electrons. The van der Waals surface area contributed by atoms with E-state index >= 15 is 0 Å². The predicted molar refractivity (Wildman–Crippen MR) is 110 cm³/mol. The lowest BCUT2D eigenvalue weighted by Crippen LogP contribution is -2.45. The molecule has 2 atom stereocenters. The molecule has 1 aliphatic heterocycles. The number of nitro groups is 1. The maximum absolute atomic E-state index is 12.7. The van der Waals surface area contributed by atoms with E-state index in [1.165, 1.54) is 30.3 Å². The third-order valence-corrected chi connectivity index (χ3v) is 5.72. The molecule has 1 aromatic carbocycles. The van der Waals surface area contributed by atoms with E-state index in [9.17, 15) is 29.6 Å². The summed E-state index contributed by atoms with van der Waals surface area (Å²) in [6.07, 6.45) is 0.655. The number of amides is 1. The number of carboxylic acid groups (broad SMARTS) is 2. The lowest BCUT2D eigenvalue weighted by Gasteiger charge is -2.25. The Kier molecular flexibility index (Phi) is 6.17. The fourth-order valence-electron chi connectivity index (χ4n) is 2.77. The first-order valence-electron chi connectivity index (χ1n) is 8.35. The molecule has 2 heterocycles. The maximum atomic E-state index is 12.7. The predicted octanol–water partition coefficient (Wildman–Crippen LogP) is 2.91. The van der Waals surface area contributed by atoms with E-state index in [-0.39, 0.29) is 10.6 Å². The van der Waals surface area contributed by atoms with E-state index in [4.69, 9.17) is 9.52 Å². The first-order valence-corrected chi connectivity index (χ1v) is 9.75. The molecule has 12 heteroatoms. The molecule has 2 unspecified atom stereocenters. The number of thiol groups is 1. The Morgan fingerprint density at radius 2 is 1.93 bits per heavy atom. The molecule has 0 spiro atoms. The van der Waals surface area contributed by atoms with Crippen LogP contribution in [0.2, 0.25) is 0 Å². The summed E-state index contributed by atoms with van der Waals surface area (Å²) in [5.41, 5.74) is 0.534. The number of furan rings is 1. The molecule has 0 radical (unpaired) electrons. The van der Waals surface area contributed by atoms with Crippen LogP contribution in [0.15, 0.2) is 45.7 Å². The Labute approximate surface area is 178 Å². The monoisotopic (exact) mass is 450 g/mol. The largest absolute Gasteiger partial charge is 0.481 e. The fraction of sp³-hybridized carbons (Fsp3) is 0.167. The van der Waals surface area contributed by atoms with Crippen molar-refractivity contribution in [2.75, 3.05) is 0 Å². The topological polar surface area (TPSA) is 151 Å². The van der Waals surface area contributed by atoms with E-state index in [1.807, 2.05) is 0 Å². The van der Waals surface area contributed by atoms with Crippen LogP contribution >= 0.6 is 24.4 Å². The number of aliphatic carboxylic acids is 2. The van der Waals surface area contributed by atoms with Crippen molar-refractivity contribution in [1.29, 1.82) is 0 Å². The molecule has 30 heavy (non-hydrogen) atoms. The van der Waals surface area contributed by atoms with Gasteiger partial charge in [-0.15, -0.1) is 12.6 Å². The third-order valence-electron chi connectivity index (χ3n) is 4.17. The molecule has 1 saturated heterocycles. The number of carbonyl (C=O) groups excluding carboxylic acids is 1. The molecule has 2 N–H and O–H groups in total. The number of nitro benzene ring substituents is 1. The van der Waals surface area contributed by atoms with Gasteiger partial charge in [0.2, 0.25) is 0 Å². The SMILES string of the molecule is O=C(O)CC(C(=O)O)N1C(=O)/C(=C/c2ccc(-c3ccc([N+](=O)[O-])cc3)o2)SC1S. The van der Waals surface area contributed by atoms with Gasteiger partial charge in [0.1, 0.15) is 22.3 Å². The number of benzene rings is 1. The zero-order chi connectivity index (χ0) is 22.0. The smallest absolute Gasteiger partial charge is 0.327 e. The van der Waals surface area contributed by atoms with E-state index in [1.54, 1.807) is 12.1 Å². The molecule has 0 bridgehead atoms. The molecule has 10 nitrogen and oxygen atoms in total. The van der Waals surface area contributed by atoms with Gasteiger partial charge < -0.3 is 19.5 Å². The first-order chi connectivity index (χ1) is 14.2. The van der Waals surface area contributed by atoms with E-state index < -0.39 is 39.9 Å². The standard InChI is InChI=1S/C18H14N2O8S2/c21-15(22)8-12(17(24)25)19-16(23)14(30-18(19)29)7-11-5-6-13(28-11)9-1-3-10(4-2-9)20(26)27/h1-7,12,18,29H,8H2,(H,21,22)(H,24,25)/b14-7-. The summed E-state index contributed by atoms with van der Waals surface area (Å²) in [6, 6.07) is 7.38. The van der Waals surface area contributed by atoms with Gasteiger partial charge in [0.05, 0.1) is 16.2 Å². The second-order valence-corrected chi connectivity index (χ2v) is 8.08. The van der Waals surface area contributed by atoms with Gasteiger partial charge in [-0.1, -0.05) is 11.8 Å². The Balaban J connectivity index is 1.82. The van der Waals surface area contributed by atoms with E-state index in [2.05, 4.69) is 12.6 Å². The van der Waals surface area contributed by atoms with Gasteiger partial charge >= 0.3 is 11.9 Å². The van der Waals surface area contributed by atoms with Crippen molar-refractivity contribution < 1.29 is 33.9 Å². The number of nitrogens with zero attached hydrogens (tertiary/aromatic N) is 2. The van der Waals surface area contributed by atoms with Crippen molar-refractivity contribution >= 4 is 54.0 Å². The summed E-state index contributed by atoms with van der Waals surface area (Å²) in [5, 5.41) is 29.0. The molecule has 1 aliphatic rings. The zero-order valence-electron chi connectivity index (χ0n) is 15.0. The van der Waals surface area contributed by atoms with E-state index in [0.717, 1.165) is 16.7 Å². The second-order valence-electron chi connectivity index (χ2n) is 6.12. The van der Waals surface area contributed by atoms with Crippen LogP contribution in [0.3, 0.4) is 0 Å². The van der Waals surface area contributed by atoms with Gasteiger partial charge in [-0.2, -0.15) is 0 Å². The molecule has 3 rings (SSSR count). The molecule has 1 amide bonds. The van der Waals surface area contributed by atoms with Crippen LogP contribution < -0.4 is 0 Å².